The smallest absolute Gasteiger partial charge is 0.252 e. The SMILES string of the molecule is [2H]c1c([2H])c([2H])c2c(c1[2H])c1c([2H])c([2H])c([2H])c([2H])c1n2-c1ccc2c(c1)N(c1c(-c3ccccc3)cc(C(C)(C)C)cc1-c1ccccc1)c1cc(-c3ccccc3-c3ccccc3)cc3c1B2c1ccc(-n2c4ccc(C(C)(C)C)cc4c4cc(C(C)(C)C)ccc42)cc1N3c1cc(-n2c3ccccc3c3ccccc32)ccc1C#N. The van der Waals surface area contributed by atoms with Crippen molar-refractivity contribution in [3.8, 4) is 67.6 Å². The van der Waals surface area contributed by atoms with Crippen LogP contribution >= 0.6 is 0 Å². The molecule has 7 heteroatoms. The monoisotopic (exact) mass is 1420 g/mol. The van der Waals surface area contributed by atoms with Gasteiger partial charge in [-0.25, -0.2) is 0 Å². The lowest BCUT2D eigenvalue weighted by atomic mass is 9.33. The standard InChI is InChI=1S/C103H81BN6/c1-101(2,3)70-46-53-92-84(57-70)85-58-71(102(4,5)6)47-54-93(85)108(92)74-49-51-86-95(62-74)109(94-61-73(48-45-68(94)64-105)106-88-41-25-21-37-78(88)79-38-22-26-42-89(79)106)97-55-69(77-36-20-19-35-76(77)65-29-13-10-14-30-65)56-98-99(97)104(86)87-52-50-75(107-90-43-27-23-39-80(90)81-40-24-28-44-91(81)107)63-96(87)110(98)100-82(66-31-15-11-16-32-66)59-72(103(7,8)9)60-83(100)67-33-17-12-18-34-67/h10-63H,1-9H3/i23D,24D,27D,28D,39D,40D,43D,44D. The van der Waals surface area contributed by atoms with Crippen molar-refractivity contribution < 1.29 is 11.0 Å². The Morgan fingerprint density at radius 3 is 1.17 bits per heavy atom. The summed E-state index contributed by atoms with van der Waals surface area (Å²) in [6.45, 7) is 19.7. The molecule has 0 bridgehead atoms. The Morgan fingerprint density at radius 2 is 0.691 bits per heavy atom. The average Bonchev–Trinajstić information content (AvgIpc) is 1.01. The van der Waals surface area contributed by atoms with Gasteiger partial charge in [0.2, 0.25) is 0 Å². The molecule has 0 N–H and O–H groups in total. The number of nitriles is 1. The number of benzene rings is 15. The molecular formula is C103H81BN6. The topological polar surface area (TPSA) is 45.1 Å². The Hall–Kier alpha value is -13.1. The fourth-order valence-electron chi connectivity index (χ4n) is 17.5. The lowest BCUT2D eigenvalue weighted by molar-refractivity contribution is 0.590. The van der Waals surface area contributed by atoms with E-state index in [9.17, 15) is 13.5 Å². The van der Waals surface area contributed by atoms with E-state index in [-0.39, 0.29) is 38.1 Å². The van der Waals surface area contributed by atoms with E-state index in [0.29, 0.717) is 22.6 Å². The summed E-state index contributed by atoms with van der Waals surface area (Å²) in [5.41, 5.74) is 24.5. The van der Waals surface area contributed by atoms with Crippen LogP contribution in [-0.4, -0.2) is 20.4 Å². The van der Waals surface area contributed by atoms with Gasteiger partial charge in [0.05, 0.1) is 61.0 Å². The van der Waals surface area contributed by atoms with Crippen molar-refractivity contribution in [3.63, 3.8) is 0 Å². The fourth-order valence-corrected chi connectivity index (χ4v) is 17.5. The van der Waals surface area contributed by atoms with Gasteiger partial charge in [-0.2, -0.15) is 5.26 Å². The van der Waals surface area contributed by atoms with E-state index in [1.807, 2.05) is 30.3 Å². The molecule has 2 aliphatic rings. The Morgan fingerprint density at radius 1 is 0.300 bits per heavy atom. The maximum Gasteiger partial charge on any atom is 0.252 e. The van der Waals surface area contributed by atoms with Gasteiger partial charge in [0.25, 0.3) is 6.71 Å². The zero-order chi connectivity index (χ0) is 81.6. The van der Waals surface area contributed by atoms with Crippen LogP contribution in [0.15, 0.2) is 327 Å². The van der Waals surface area contributed by atoms with E-state index in [0.717, 1.165) is 144 Å². The largest absolute Gasteiger partial charge is 0.310 e. The van der Waals surface area contributed by atoms with E-state index in [1.165, 1.54) is 11.1 Å². The van der Waals surface area contributed by atoms with Gasteiger partial charge in [0.1, 0.15) is 6.07 Å². The molecule has 20 rings (SSSR count). The quantitative estimate of drug-likeness (QED) is 0.135. The number of nitrogens with zero attached hydrogens (tertiary/aromatic N) is 6. The second kappa shape index (κ2) is 25.0. The van der Waals surface area contributed by atoms with Gasteiger partial charge in [-0.3, -0.25) is 0 Å². The Kier molecular flexibility index (Phi) is 13.2. The third-order valence-corrected chi connectivity index (χ3v) is 23.0. The normalized spacial score (nSPS) is 13.9. The summed E-state index contributed by atoms with van der Waals surface area (Å²) in [4.78, 5) is 4.78. The summed E-state index contributed by atoms with van der Waals surface area (Å²) in [5.74, 6) is 0. The van der Waals surface area contributed by atoms with Gasteiger partial charge in [-0.15, -0.1) is 0 Å². The summed E-state index contributed by atoms with van der Waals surface area (Å²) < 4.78 is 82.6. The third-order valence-electron chi connectivity index (χ3n) is 23.0. The highest BCUT2D eigenvalue weighted by Gasteiger charge is 2.46. The highest BCUT2D eigenvalue weighted by Crippen LogP contribution is 2.55. The number of rotatable bonds is 9. The van der Waals surface area contributed by atoms with Gasteiger partial charge < -0.3 is 23.5 Å². The van der Waals surface area contributed by atoms with Crippen molar-refractivity contribution in [2.24, 2.45) is 0 Å². The van der Waals surface area contributed by atoms with Crippen LogP contribution in [0.1, 0.15) is 95.5 Å². The minimum absolute atomic E-state index is 0.0132. The number of para-hydroxylation sites is 4. The third kappa shape index (κ3) is 10.4. The summed E-state index contributed by atoms with van der Waals surface area (Å²) in [6.07, 6.45) is 0. The number of hydrogen-bond donors (Lipinski definition) is 0. The molecular weight excluding hydrogens is 1330 g/mol. The molecule has 3 aromatic heterocycles. The number of hydrogen-bond acceptors (Lipinski definition) is 3. The van der Waals surface area contributed by atoms with Crippen LogP contribution in [0.3, 0.4) is 0 Å². The van der Waals surface area contributed by atoms with Crippen LogP contribution in [0, 0.1) is 11.3 Å². The average molecular weight is 1420 g/mol. The second-order valence-corrected chi connectivity index (χ2v) is 32.6. The fraction of sp³-hybridized carbons (Fsp3) is 0.117. The number of anilines is 6. The molecule has 2 aliphatic heterocycles. The van der Waals surface area contributed by atoms with Crippen LogP contribution in [0.25, 0.3) is 127 Å². The van der Waals surface area contributed by atoms with E-state index in [2.05, 4.69) is 336 Å². The van der Waals surface area contributed by atoms with Gasteiger partial charge >= 0.3 is 0 Å². The molecule has 0 spiro atoms. The first kappa shape index (κ1) is 58.0. The molecule has 0 unspecified atom stereocenters. The van der Waals surface area contributed by atoms with Crippen molar-refractivity contribution in [3.05, 3.63) is 350 Å². The maximum absolute atomic E-state index is 12.2. The Labute approximate surface area is 654 Å². The lowest BCUT2D eigenvalue weighted by Crippen LogP contribution is -2.61. The molecule has 0 fully saturated rings. The summed E-state index contributed by atoms with van der Waals surface area (Å²) in [6, 6.07) is 98.7. The van der Waals surface area contributed by atoms with Crippen LogP contribution < -0.4 is 26.2 Å². The molecule has 18 aromatic rings. The van der Waals surface area contributed by atoms with Gasteiger partial charge in [0.15, 0.2) is 0 Å². The lowest BCUT2D eigenvalue weighted by Gasteiger charge is -2.45. The second-order valence-electron chi connectivity index (χ2n) is 32.6. The molecule has 0 saturated heterocycles. The Balaban J connectivity index is 0.987. The Bertz CT molecular complexity index is 7120. The molecule has 0 atom stereocenters. The molecule has 0 aliphatic carbocycles. The van der Waals surface area contributed by atoms with Crippen molar-refractivity contribution in [2.75, 3.05) is 9.80 Å². The molecule has 5 heterocycles. The van der Waals surface area contributed by atoms with Gasteiger partial charge in [-0.05, 0) is 198 Å². The van der Waals surface area contributed by atoms with Crippen LogP contribution in [-0.2, 0) is 16.2 Å². The van der Waals surface area contributed by atoms with Crippen molar-refractivity contribution in [1.82, 2.24) is 13.7 Å². The molecule has 0 saturated carbocycles. The van der Waals surface area contributed by atoms with Crippen molar-refractivity contribution in [1.29, 1.82) is 5.26 Å². The van der Waals surface area contributed by atoms with Crippen molar-refractivity contribution >= 4 is 123 Å². The molecule has 526 valence electrons. The molecule has 6 nitrogen and oxygen atoms in total. The van der Waals surface area contributed by atoms with E-state index in [1.54, 1.807) is 4.57 Å². The zero-order valence-electron chi connectivity index (χ0n) is 70.8. The molecule has 0 amide bonds. The minimum atomic E-state index is -0.612. The van der Waals surface area contributed by atoms with E-state index >= 15 is 0 Å². The first-order valence-electron chi connectivity index (χ1n) is 41.9. The highest BCUT2D eigenvalue weighted by molar-refractivity contribution is 7.00. The predicted molar refractivity (Wildman–Crippen MR) is 466 cm³/mol. The first-order valence-corrected chi connectivity index (χ1v) is 37.9. The van der Waals surface area contributed by atoms with E-state index < -0.39 is 55.1 Å². The van der Waals surface area contributed by atoms with Crippen LogP contribution in [0.4, 0.5) is 34.1 Å². The highest BCUT2D eigenvalue weighted by atomic mass is 15.2. The maximum atomic E-state index is 12.2. The van der Waals surface area contributed by atoms with Gasteiger partial charge in [-0.1, -0.05) is 274 Å². The minimum Gasteiger partial charge on any atom is -0.310 e. The molecule has 15 aromatic carbocycles. The summed E-state index contributed by atoms with van der Waals surface area (Å²) >= 11 is 0. The van der Waals surface area contributed by atoms with E-state index in [4.69, 9.17) is 2.74 Å². The summed E-state index contributed by atoms with van der Waals surface area (Å²) in [7, 11) is 0. The van der Waals surface area contributed by atoms with Crippen molar-refractivity contribution in [2.45, 2.75) is 78.6 Å². The zero-order valence-corrected chi connectivity index (χ0v) is 62.8. The van der Waals surface area contributed by atoms with Crippen LogP contribution in [0.5, 0.6) is 0 Å². The molecule has 0 radical (unpaired) electrons. The molecule has 110 heavy (non-hydrogen) atoms. The first-order chi connectivity index (χ1) is 56.8. The van der Waals surface area contributed by atoms with Gasteiger partial charge in [0, 0.05) is 83.3 Å². The number of fused-ring (bicyclic) bond motifs is 13. The predicted octanol–water partition coefficient (Wildman–Crippen LogP) is 25.5. The summed E-state index contributed by atoms with van der Waals surface area (Å²) in [5, 5.41) is 16.7. The van der Waals surface area contributed by atoms with Crippen LogP contribution in [0.2, 0.25) is 0 Å². The number of aromatic nitrogens is 3.